The molecule has 2 rings (SSSR count). The van der Waals surface area contributed by atoms with Gasteiger partial charge in [0, 0.05) is 11.8 Å². The highest BCUT2D eigenvalue weighted by molar-refractivity contribution is 9.09. The number of carbonyl (C=O) groups is 2. The zero-order valence-corrected chi connectivity index (χ0v) is 12.7. The molecule has 4 nitrogen and oxygen atoms in total. The van der Waals surface area contributed by atoms with Crippen molar-refractivity contribution in [2.45, 2.75) is 12.0 Å². The first kappa shape index (κ1) is 15.4. The van der Waals surface area contributed by atoms with Crippen molar-refractivity contribution in [1.82, 2.24) is 4.90 Å². The maximum absolute atomic E-state index is 13.6. The van der Waals surface area contributed by atoms with Gasteiger partial charge in [0.05, 0.1) is 17.2 Å². The Morgan fingerprint density at radius 2 is 1.86 bits per heavy atom. The van der Waals surface area contributed by atoms with Crippen molar-refractivity contribution in [3.8, 4) is 6.07 Å². The second-order valence-corrected chi connectivity index (χ2v) is 5.39. The van der Waals surface area contributed by atoms with E-state index in [4.69, 9.17) is 0 Å². The van der Waals surface area contributed by atoms with Crippen LogP contribution in [0.25, 0.3) is 0 Å². The number of nitrogens with zero attached hydrogens (tertiary/aromatic N) is 2. The quantitative estimate of drug-likeness (QED) is 0.466. The molecule has 0 radical (unpaired) electrons. The number of nitriles is 1. The third-order valence-electron chi connectivity index (χ3n) is 3.38. The van der Waals surface area contributed by atoms with Crippen molar-refractivity contribution in [2.75, 3.05) is 12.0 Å². The molecule has 0 N–H and O–H groups in total. The fourth-order valence-electron chi connectivity index (χ4n) is 2.34. The van der Waals surface area contributed by atoms with Crippen LogP contribution < -0.4 is 0 Å². The number of fused-ring (bicyclic) bond motifs is 1. The van der Waals surface area contributed by atoms with Gasteiger partial charge in [-0.25, -0.2) is 4.39 Å². The van der Waals surface area contributed by atoms with Gasteiger partial charge in [-0.15, -0.1) is 0 Å². The zero-order chi connectivity index (χ0) is 15.6. The molecule has 1 atom stereocenters. The summed E-state index contributed by atoms with van der Waals surface area (Å²) in [7, 11) is 0. The maximum Gasteiger partial charge on any atom is 0.263 e. The Kier molecular flexibility index (Phi) is 4.24. The molecular formula is C15H12BrFN2O2. The summed E-state index contributed by atoms with van der Waals surface area (Å²) in [6.07, 6.45) is -0.100. The number of hydrogen-bond acceptors (Lipinski definition) is 3. The van der Waals surface area contributed by atoms with E-state index in [9.17, 15) is 19.2 Å². The minimum Gasteiger partial charge on any atom is -0.269 e. The molecule has 0 aliphatic carbocycles. The second-order valence-electron chi connectivity index (χ2n) is 4.83. The summed E-state index contributed by atoms with van der Waals surface area (Å²) in [5, 5.41) is 9.76. The van der Waals surface area contributed by atoms with Gasteiger partial charge in [0.2, 0.25) is 0 Å². The minimum atomic E-state index is -1.85. The third kappa shape index (κ3) is 2.38. The van der Waals surface area contributed by atoms with E-state index >= 15 is 0 Å². The van der Waals surface area contributed by atoms with Crippen molar-refractivity contribution in [2.24, 2.45) is 0 Å². The van der Waals surface area contributed by atoms with Crippen LogP contribution in [0.1, 0.15) is 27.1 Å². The maximum atomic E-state index is 13.6. The molecule has 0 aromatic heterocycles. The van der Waals surface area contributed by atoms with E-state index in [2.05, 4.69) is 22.5 Å². The molecule has 108 valence electrons. The number of hydrogen-bond donors (Lipinski definition) is 0. The van der Waals surface area contributed by atoms with E-state index in [1.807, 2.05) is 0 Å². The third-order valence-corrected chi connectivity index (χ3v) is 4.18. The normalized spacial score (nSPS) is 16.3. The molecule has 21 heavy (non-hydrogen) atoms. The zero-order valence-electron chi connectivity index (χ0n) is 11.1. The predicted octanol–water partition coefficient (Wildman–Crippen LogP) is 2.86. The second kappa shape index (κ2) is 5.78. The van der Waals surface area contributed by atoms with Crippen molar-refractivity contribution >= 4 is 27.7 Å². The predicted molar refractivity (Wildman–Crippen MR) is 78.8 cm³/mol. The SMILES string of the molecule is C=C(CBr)CC(C#N)(CF)N1C(=O)c2ccccc2C1=O. The molecule has 0 fully saturated rings. The standard InChI is InChI=1S/C15H12BrFN2O2/c1-10(7-16)6-15(8-17,9-18)19-13(20)11-4-2-3-5-12(11)14(19)21/h2-5H,1,6-8H2. The van der Waals surface area contributed by atoms with Gasteiger partial charge < -0.3 is 0 Å². The Morgan fingerprint density at radius 1 is 1.33 bits per heavy atom. The summed E-state index contributed by atoms with van der Waals surface area (Å²) in [4.78, 5) is 25.5. The molecule has 0 bridgehead atoms. The van der Waals surface area contributed by atoms with Gasteiger partial charge in [0.1, 0.15) is 6.67 Å². The average molecular weight is 351 g/mol. The van der Waals surface area contributed by atoms with Crippen LogP contribution >= 0.6 is 15.9 Å². The number of benzene rings is 1. The number of rotatable bonds is 5. The Morgan fingerprint density at radius 3 is 2.24 bits per heavy atom. The van der Waals surface area contributed by atoms with E-state index < -0.39 is 24.0 Å². The van der Waals surface area contributed by atoms with E-state index in [-0.39, 0.29) is 17.5 Å². The topological polar surface area (TPSA) is 61.2 Å². The molecule has 0 saturated heterocycles. The lowest BCUT2D eigenvalue weighted by Gasteiger charge is -2.32. The number of imide groups is 1. The first-order valence-electron chi connectivity index (χ1n) is 6.18. The van der Waals surface area contributed by atoms with E-state index in [0.29, 0.717) is 10.9 Å². The largest absolute Gasteiger partial charge is 0.269 e. The smallest absolute Gasteiger partial charge is 0.263 e. The highest BCUT2D eigenvalue weighted by Gasteiger charge is 2.49. The van der Waals surface area contributed by atoms with E-state index in [0.717, 1.165) is 4.90 Å². The summed E-state index contributed by atoms with van der Waals surface area (Å²) in [6.45, 7) is 2.57. The Bertz CT molecular complexity index is 633. The summed E-state index contributed by atoms with van der Waals surface area (Å²) < 4.78 is 13.6. The first-order valence-corrected chi connectivity index (χ1v) is 7.30. The number of halogens is 2. The van der Waals surface area contributed by atoms with Crippen molar-refractivity contribution in [3.05, 3.63) is 47.5 Å². The van der Waals surface area contributed by atoms with Gasteiger partial charge in [-0.1, -0.05) is 40.2 Å². The van der Waals surface area contributed by atoms with E-state index in [1.165, 1.54) is 12.1 Å². The Hall–Kier alpha value is -2.00. The lowest BCUT2D eigenvalue weighted by atomic mass is 9.92. The summed E-state index contributed by atoms with van der Waals surface area (Å²) in [5.41, 5.74) is -0.927. The van der Waals surface area contributed by atoms with E-state index in [1.54, 1.807) is 18.2 Å². The average Bonchev–Trinajstić information content (AvgIpc) is 2.78. The number of alkyl halides is 2. The fourth-order valence-corrected chi connectivity index (χ4v) is 2.54. The lowest BCUT2D eigenvalue weighted by molar-refractivity contribution is 0.0467. The van der Waals surface area contributed by atoms with Crippen molar-refractivity contribution in [3.63, 3.8) is 0 Å². The molecule has 2 amide bonds. The van der Waals surface area contributed by atoms with Crippen LogP contribution in [0.4, 0.5) is 4.39 Å². The molecule has 1 aliphatic rings. The van der Waals surface area contributed by atoms with Crippen LogP contribution in [0, 0.1) is 11.3 Å². The van der Waals surface area contributed by atoms with Gasteiger partial charge in [-0.2, -0.15) is 5.26 Å². The van der Waals surface area contributed by atoms with Crippen molar-refractivity contribution in [1.29, 1.82) is 5.26 Å². The molecule has 1 aromatic rings. The molecule has 0 spiro atoms. The molecular weight excluding hydrogens is 339 g/mol. The summed E-state index contributed by atoms with van der Waals surface area (Å²) in [5.74, 6) is -1.28. The van der Waals surface area contributed by atoms with Crippen molar-refractivity contribution < 1.29 is 14.0 Å². The van der Waals surface area contributed by atoms with Gasteiger partial charge in [0.15, 0.2) is 5.54 Å². The first-order chi connectivity index (χ1) is 10.0. The molecule has 6 heteroatoms. The lowest BCUT2D eigenvalue weighted by Crippen LogP contribution is -2.53. The molecule has 1 heterocycles. The summed E-state index contributed by atoms with van der Waals surface area (Å²) in [6, 6.07) is 8.03. The molecule has 0 saturated carbocycles. The van der Waals surface area contributed by atoms with Gasteiger partial charge in [-0.3, -0.25) is 14.5 Å². The van der Waals surface area contributed by atoms with Crippen LogP contribution in [-0.4, -0.2) is 34.3 Å². The van der Waals surface area contributed by atoms with Gasteiger partial charge in [0.25, 0.3) is 11.8 Å². The highest BCUT2D eigenvalue weighted by Crippen LogP contribution is 2.33. The van der Waals surface area contributed by atoms with Crippen LogP contribution in [0.5, 0.6) is 0 Å². The molecule has 1 unspecified atom stereocenters. The minimum absolute atomic E-state index is 0.100. The fraction of sp³-hybridized carbons (Fsp3) is 0.267. The van der Waals surface area contributed by atoms with Crippen LogP contribution in [0.3, 0.4) is 0 Å². The number of amides is 2. The van der Waals surface area contributed by atoms with Gasteiger partial charge in [-0.05, 0) is 12.1 Å². The monoisotopic (exact) mass is 350 g/mol. The van der Waals surface area contributed by atoms with Crippen LogP contribution in [0.15, 0.2) is 36.4 Å². The van der Waals surface area contributed by atoms with Crippen LogP contribution in [-0.2, 0) is 0 Å². The molecule has 1 aromatic carbocycles. The molecule has 1 aliphatic heterocycles. The van der Waals surface area contributed by atoms with Gasteiger partial charge >= 0.3 is 0 Å². The Labute approximate surface area is 130 Å². The number of carbonyl (C=O) groups excluding carboxylic acids is 2. The highest BCUT2D eigenvalue weighted by atomic mass is 79.9. The summed E-state index contributed by atoms with van der Waals surface area (Å²) >= 11 is 3.17. The Balaban J connectivity index is 2.49. The van der Waals surface area contributed by atoms with Crippen LogP contribution in [0.2, 0.25) is 0 Å².